The number of rotatable bonds is 7. The average Bonchev–Trinajstić information content (AvgIpc) is 2.66. The minimum Gasteiger partial charge on any atom is -0.483 e. The van der Waals surface area contributed by atoms with Gasteiger partial charge in [0.25, 0.3) is 5.91 Å². The summed E-state index contributed by atoms with van der Waals surface area (Å²) in [6.45, 7) is 11.1. The predicted octanol–water partition coefficient (Wildman–Crippen LogP) is 5.32. The van der Waals surface area contributed by atoms with Crippen molar-refractivity contribution >= 4 is 35.0 Å². The minimum atomic E-state index is -0.749. The third-order valence-electron chi connectivity index (χ3n) is 4.75. The molecule has 1 unspecified atom stereocenters. The molecule has 0 aliphatic rings. The highest BCUT2D eigenvalue weighted by Gasteiger charge is 2.29. The summed E-state index contributed by atoms with van der Waals surface area (Å²) in [6, 6.07) is 10.2. The smallest absolute Gasteiger partial charge is 0.261 e. The van der Waals surface area contributed by atoms with Crippen molar-refractivity contribution in [2.24, 2.45) is 0 Å². The molecular formula is C24H30Cl2N2O3. The summed E-state index contributed by atoms with van der Waals surface area (Å²) in [6.07, 6.45) is 0. The Kier molecular flexibility index (Phi) is 8.38. The number of ether oxygens (including phenoxy) is 1. The lowest BCUT2D eigenvalue weighted by molar-refractivity contribution is -0.142. The topological polar surface area (TPSA) is 58.6 Å². The largest absolute Gasteiger partial charge is 0.483 e. The van der Waals surface area contributed by atoms with E-state index in [0.29, 0.717) is 21.4 Å². The van der Waals surface area contributed by atoms with Crippen LogP contribution in [0, 0.1) is 13.8 Å². The fourth-order valence-electron chi connectivity index (χ4n) is 3.00. The molecule has 2 rings (SSSR count). The molecule has 0 saturated heterocycles. The molecule has 0 bridgehead atoms. The fourth-order valence-corrected chi connectivity index (χ4v) is 3.51. The molecule has 1 N–H and O–H groups in total. The molecule has 0 radical (unpaired) electrons. The first-order chi connectivity index (χ1) is 14.4. The van der Waals surface area contributed by atoms with Gasteiger partial charge < -0.3 is 15.0 Å². The Morgan fingerprint density at radius 1 is 1.10 bits per heavy atom. The van der Waals surface area contributed by atoms with Crippen LogP contribution in [0.3, 0.4) is 0 Å². The molecule has 0 heterocycles. The van der Waals surface area contributed by atoms with E-state index in [1.807, 2.05) is 52.8 Å². The van der Waals surface area contributed by atoms with E-state index in [0.717, 1.165) is 11.1 Å². The number of nitrogens with one attached hydrogen (secondary N) is 1. The summed E-state index contributed by atoms with van der Waals surface area (Å²) >= 11 is 12.7. The number of halogens is 2. The van der Waals surface area contributed by atoms with Crippen molar-refractivity contribution in [1.29, 1.82) is 0 Å². The van der Waals surface area contributed by atoms with Crippen molar-refractivity contribution in [3.05, 3.63) is 63.1 Å². The SMILES string of the molecule is Cc1ccc(C)c(OCC(=O)N(Cc2c(Cl)cccc2Cl)C(C)C(=O)NC(C)(C)C)c1. The van der Waals surface area contributed by atoms with E-state index >= 15 is 0 Å². The zero-order valence-electron chi connectivity index (χ0n) is 18.9. The van der Waals surface area contributed by atoms with Gasteiger partial charge in [0.15, 0.2) is 6.61 Å². The monoisotopic (exact) mass is 464 g/mol. The Morgan fingerprint density at radius 3 is 2.29 bits per heavy atom. The Hall–Kier alpha value is -2.24. The zero-order valence-corrected chi connectivity index (χ0v) is 20.4. The van der Waals surface area contributed by atoms with Crippen LogP contribution < -0.4 is 10.1 Å². The summed E-state index contributed by atoms with van der Waals surface area (Å²) in [5.41, 5.74) is 2.11. The summed E-state index contributed by atoms with van der Waals surface area (Å²) in [5.74, 6) is 0.0279. The molecule has 0 saturated carbocycles. The number of hydrogen-bond acceptors (Lipinski definition) is 3. The molecule has 0 spiro atoms. The number of benzene rings is 2. The van der Waals surface area contributed by atoms with E-state index in [2.05, 4.69) is 5.32 Å². The van der Waals surface area contributed by atoms with Crippen LogP contribution in [0.1, 0.15) is 44.4 Å². The van der Waals surface area contributed by atoms with Gasteiger partial charge in [0, 0.05) is 27.7 Å². The van der Waals surface area contributed by atoms with Crippen molar-refractivity contribution in [2.75, 3.05) is 6.61 Å². The third-order valence-corrected chi connectivity index (χ3v) is 5.46. The minimum absolute atomic E-state index is 0.0895. The normalized spacial score (nSPS) is 12.3. The van der Waals surface area contributed by atoms with Gasteiger partial charge in [-0.25, -0.2) is 0 Å². The van der Waals surface area contributed by atoms with Gasteiger partial charge in [-0.05, 0) is 70.9 Å². The molecule has 0 aromatic heterocycles. The molecule has 0 aliphatic heterocycles. The van der Waals surface area contributed by atoms with Crippen LogP contribution in [0.2, 0.25) is 10.0 Å². The molecular weight excluding hydrogens is 435 g/mol. The Balaban J connectivity index is 2.28. The Bertz CT molecular complexity index is 934. The van der Waals surface area contributed by atoms with Crippen LogP contribution in [0.4, 0.5) is 0 Å². The van der Waals surface area contributed by atoms with E-state index in [4.69, 9.17) is 27.9 Å². The van der Waals surface area contributed by atoms with E-state index in [9.17, 15) is 9.59 Å². The van der Waals surface area contributed by atoms with Gasteiger partial charge in [-0.3, -0.25) is 9.59 Å². The van der Waals surface area contributed by atoms with Crippen molar-refractivity contribution in [3.8, 4) is 5.75 Å². The number of carbonyl (C=O) groups excluding carboxylic acids is 2. The maximum atomic E-state index is 13.2. The van der Waals surface area contributed by atoms with Crippen molar-refractivity contribution in [1.82, 2.24) is 10.2 Å². The maximum Gasteiger partial charge on any atom is 0.261 e. The predicted molar refractivity (Wildman–Crippen MR) is 126 cm³/mol. The Labute approximate surface area is 194 Å². The van der Waals surface area contributed by atoms with Gasteiger partial charge in [-0.1, -0.05) is 41.4 Å². The molecule has 168 valence electrons. The maximum absolute atomic E-state index is 13.2. The van der Waals surface area contributed by atoms with Crippen molar-refractivity contribution in [2.45, 2.75) is 59.7 Å². The Morgan fingerprint density at radius 2 is 1.71 bits per heavy atom. The van der Waals surface area contributed by atoms with E-state index in [1.54, 1.807) is 25.1 Å². The van der Waals surface area contributed by atoms with Crippen LogP contribution in [-0.2, 0) is 16.1 Å². The van der Waals surface area contributed by atoms with Gasteiger partial charge in [0.2, 0.25) is 5.91 Å². The van der Waals surface area contributed by atoms with Crippen LogP contribution >= 0.6 is 23.2 Å². The van der Waals surface area contributed by atoms with E-state index in [1.165, 1.54) is 4.90 Å². The molecule has 2 aromatic carbocycles. The zero-order chi connectivity index (χ0) is 23.3. The highest BCUT2D eigenvalue weighted by molar-refractivity contribution is 6.36. The number of nitrogens with zero attached hydrogens (tertiary/aromatic N) is 1. The second-order valence-electron chi connectivity index (χ2n) is 8.69. The molecule has 1 atom stereocenters. The van der Waals surface area contributed by atoms with Crippen LogP contribution in [-0.4, -0.2) is 34.9 Å². The van der Waals surface area contributed by atoms with Crippen LogP contribution in [0.15, 0.2) is 36.4 Å². The number of aryl methyl sites for hydroxylation is 2. The molecule has 0 aliphatic carbocycles. The van der Waals surface area contributed by atoms with E-state index < -0.39 is 11.6 Å². The highest BCUT2D eigenvalue weighted by atomic mass is 35.5. The molecule has 2 aromatic rings. The lowest BCUT2D eigenvalue weighted by Gasteiger charge is -2.32. The fraction of sp³-hybridized carbons (Fsp3) is 0.417. The number of carbonyl (C=O) groups is 2. The highest BCUT2D eigenvalue weighted by Crippen LogP contribution is 2.27. The summed E-state index contributed by atoms with van der Waals surface area (Å²) in [5, 5.41) is 3.79. The summed E-state index contributed by atoms with van der Waals surface area (Å²) in [4.78, 5) is 27.5. The molecule has 7 heteroatoms. The van der Waals surface area contributed by atoms with Gasteiger partial charge in [0.1, 0.15) is 11.8 Å². The first-order valence-corrected chi connectivity index (χ1v) is 10.9. The second-order valence-corrected chi connectivity index (χ2v) is 9.51. The van der Waals surface area contributed by atoms with Crippen molar-refractivity contribution in [3.63, 3.8) is 0 Å². The van der Waals surface area contributed by atoms with Crippen molar-refractivity contribution < 1.29 is 14.3 Å². The first kappa shape index (κ1) is 25.0. The molecule has 31 heavy (non-hydrogen) atoms. The van der Waals surface area contributed by atoms with E-state index in [-0.39, 0.29) is 25.0 Å². The first-order valence-electron chi connectivity index (χ1n) is 10.1. The third kappa shape index (κ3) is 7.15. The molecule has 0 fully saturated rings. The lowest BCUT2D eigenvalue weighted by Crippen LogP contribution is -2.53. The number of hydrogen-bond donors (Lipinski definition) is 1. The second kappa shape index (κ2) is 10.4. The van der Waals surface area contributed by atoms with Gasteiger partial charge in [0.05, 0.1) is 0 Å². The van der Waals surface area contributed by atoms with Crippen LogP contribution in [0.5, 0.6) is 5.75 Å². The van der Waals surface area contributed by atoms with Crippen LogP contribution in [0.25, 0.3) is 0 Å². The summed E-state index contributed by atoms with van der Waals surface area (Å²) < 4.78 is 5.80. The standard InChI is InChI=1S/C24H30Cl2N2O3/c1-15-10-11-16(2)21(12-15)31-14-22(29)28(17(3)23(30)27-24(4,5)6)13-18-19(25)8-7-9-20(18)26/h7-12,17H,13-14H2,1-6H3,(H,27,30). The van der Waals surface area contributed by atoms with Gasteiger partial charge in [-0.2, -0.15) is 0 Å². The van der Waals surface area contributed by atoms with Gasteiger partial charge in [-0.15, -0.1) is 0 Å². The lowest BCUT2D eigenvalue weighted by atomic mass is 10.1. The quantitative estimate of drug-likeness (QED) is 0.602. The average molecular weight is 465 g/mol. The molecule has 5 nitrogen and oxygen atoms in total. The molecule has 2 amide bonds. The van der Waals surface area contributed by atoms with Gasteiger partial charge >= 0.3 is 0 Å². The number of amides is 2. The summed E-state index contributed by atoms with van der Waals surface area (Å²) in [7, 11) is 0.